The summed E-state index contributed by atoms with van der Waals surface area (Å²) in [4.78, 5) is 28.6. The monoisotopic (exact) mass is 762 g/mol. The first kappa shape index (κ1) is 34.4. The first-order valence-electron chi connectivity index (χ1n) is 21.1. The largest absolute Gasteiger partial charge is 0.265 e. The molecule has 1 spiro atoms. The van der Waals surface area contributed by atoms with Gasteiger partial charge in [-0.15, -0.1) is 0 Å². The van der Waals surface area contributed by atoms with Crippen LogP contribution >= 0.6 is 0 Å². The van der Waals surface area contributed by atoms with Crippen LogP contribution in [0.15, 0.2) is 152 Å². The number of pyridine rings is 3. The number of rotatable bonds is 6. The summed E-state index contributed by atoms with van der Waals surface area (Å²) in [7, 11) is 0. The van der Waals surface area contributed by atoms with Crippen LogP contribution < -0.4 is 0 Å². The maximum Gasteiger partial charge on any atom is 0.164 e. The van der Waals surface area contributed by atoms with E-state index in [2.05, 4.69) is 108 Å². The lowest BCUT2D eigenvalue weighted by Gasteiger charge is -2.61. The predicted octanol–water partition coefficient (Wildman–Crippen LogP) is 12.1. The number of fused-ring (bicyclic) bond motifs is 3. The molecule has 0 radical (unpaired) electrons. The zero-order valence-electron chi connectivity index (χ0n) is 33.0. The van der Waals surface area contributed by atoms with Crippen molar-refractivity contribution in [3.05, 3.63) is 169 Å². The van der Waals surface area contributed by atoms with Crippen molar-refractivity contribution in [1.82, 2.24) is 29.9 Å². The topological polar surface area (TPSA) is 77.3 Å². The van der Waals surface area contributed by atoms with Gasteiger partial charge in [0.1, 0.15) is 0 Å². The van der Waals surface area contributed by atoms with Crippen LogP contribution in [0.3, 0.4) is 0 Å². The molecular formula is C53H42N6. The highest BCUT2D eigenvalue weighted by Gasteiger charge is 2.61. The lowest BCUT2D eigenvalue weighted by Crippen LogP contribution is -2.55. The van der Waals surface area contributed by atoms with Crippen LogP contribution in [0.1, 0.15) is 48.8 Å². The van der Waals surface area contributed by atoms with Crippen molar-refractivity contribution in [2.75, 3.05) is 0 Å². The minimum atomic E-state index is 0.0281. The molecule has 0 saturated heterocycles. The van der Waals surface area contributed by atoms with Gasteiger partial charge in [-0.2, -0.15) is 0 Å². The molecule has 6 heteroatoms. The number of hydrogen-bond acceptors (Lipinski definition) is 6. The third-order valence-electron chi connectivity index (χ3n) is 14.1. The third-order valence-corrected chi connectivity index (χ3v) is 14.1. The highest BCUT2D eigenvalue weighted by Crippen LogP contribution is 2.69. The molecule has 4 aromatic carbocycles. The molecule has 0 aliphatic heterocycles. The van der Waals surface area contributed by atoms with Crippen LogP contribution in [-0.2, 0) is 5.41 Å². The van der Waals surface area contributed by atoms with Crippen LogP contribution in [0.25, 0.3) is 78.8 Å². The van der Waals surface area contributed by atoms with Gasteiger partial charge in [0, 0.05) is 58.7 Å². The molecule has 4 heterocycles. The van der Waals surface area contributed by atoms with Crippen molar-refractivity contribution in [2.45, 2.75) is 44.4 Å². The van der Waals surface area contributed by atoms with Gasteiger partial charge in [-0.05, 0) is 180 Å². The SMILES string of the molecule is Cc1ccccc1-c1cc(-c2ccc3c(c2)C2(c4ccc(-c5ccccn5)cc4-3)C3CC4CC(C3)CC2C4)cc(-c2nc(-c3ccncc3)nc(-c3ccncc3)n2)c1. The van der Waals surface area contributed by atoms with Crippen LogP contribution in [0, 0.1) is 30.6 Å². The van der Waals surface area contributed by atoms with Crippen molar-refractivity contribution in [3.63, 3.8) is 0 Å². The van der Waals surface area contributed by atoms with Crippen molar-refractivity contribution in [2.24, 2.45) is 23.7 Å². The number of hydrogen-bond donors (Lipinski definition) is 0. The molecule has 8 aromatic rings. The van der Waals surface area contributed by atoms with Gasteiger partial charge >= 0.3 is 0 Å². The van der Waals surface area contributed by atoms with E-state index in [-0.39, 0.29) is 5.41 Å². The van der Waals surface area contributed by atoms with Gasteiger partial charge in [0.05, 0.1) is 5.69 Å². The second kappa shape index (κ2) is 13.5. The van der Waals surface area contributed by atoms with Crippen molar-refractivity contribution < 1.29 is 0 Å². The first-order valence-corrected chi connectivity index (χ1v) is 21.1. The van der Waals surface area contributed by atoms with E-state index in [1.54, 1.807) is 30.4 Å². The molecule has 0 amide bonds. The molecule has 0 atom stereocenters. The summed E-state index contributed by atoms with van der Waals surface area (Å²) in [6.07, 6.45) is 15.8. The average Bonchev–Trinajstić information content (AvgIpc) is 3.58. The van der Waals surface area contributed by atoms with Gasteiger partial charge in [0.2, 0.25) is 0 Å². The third kappa shape index (κ3) is 5.53. The maximum absolute atomic E-state index is 5.16. The molecule has 0 N–H and O–H groups in total. The lowest BCUT2D eigenvalue weighted by molar-refractivity contribution is -0.0399. The van der Waals surface area contributed by atoms with Gasteiger partial charge in [-0.3, -0.25) is 15.0 Å². The van der Waals surface area contributed by atoms with Crippen LogP contribution in [0.5, 0.6) is 0 Å². The van der Waals surface area contributed by atoms with Crippen molar-refractivity contribution in [1.29, 1.82) is 0 Å². The Balaban J connectivity index is 1.06. The summed E-state index contributed by atoms with van der Waals surface area (Å²) >= 11 is 0. The maximum atomic E-state index is 5.16. The van der Waals surface area contributed by atoms with Crippen LogP contribution in [0.2, 0.25) is 0 Å². The Morgan fingerprint density at radius 3 is 1.69 bits per heavy atom. The summed E-state index contributed by atoms with van der Waals surface area (Å²) in [5.74, 6) is 4.90. The minimum Gasteiger partial charge on any atom is -0.265 e. The molecule has 4 fully saturated rings. The molecule has 5 aliphatic carbocycles. The van der Waals surface area contributed by atoms with E-state index < -0.39 is 0 Å². The average molecular weight is 763 g/mol. The van der Waals surface area contributed by atoms with E-state index in [0.717, 1.165) is 45.3 Å². The fraction of sp³-hybridized carbons (Fsp3) is 0.208. The minimum absolute atomic E-state index is 0.0281. The molecule has 13 rings (SSSR count). The summed E-state index contributed by atoms with van der Waals surface area (Å²) < 4.78 is 0. The Bertz CT molecular complexity index is 2820. The van der Waals surface area contributed by atoms with Gasteiger partial charge in [-0.1, -0.05) is 54.6 Å². The Kier molecular flexibility index (Phi) is 7.84. The van der Waals surface area contributed by atoms with E-state index in [4.69, 9.17) is 19.9 Å². The number of nitrogens with zero attached hydrogens (tertiary/aromatic N) is 6. The zero-order chi connectivity index (χ0) is 39.1. The van der Waals surface area contributed by atoms with E-state index in [0.29, 0.717) is 29.3 Å². The molecule has 0 unspecified atom stereocenters. The van der Waals surface area contributed by atoms with Crippen LogP contribution in [0.4, 0.5) is 0 Å². The first-order chi connectivity index (χ1) is 29.1. The van der Waals surface area contributed by atoms with E-state index >= 15 is 0 Å². The smallest absolute Gasteiger partial charge is 0.164 e. The van der Waals surface area contributed by atoms with Gasteiger partial charge in [0.25, 0.3) is 0 Å². The predicted molar refractivity (Wildman–Crippen MR) is 234 cm³/mol. The number of benzene rings is 4. The van der Waals surface area contributed by atoms with E-state index in [1.165, 1.54) is 71.0 Å². The summed E-state index contributed by atoms with van der Waals surface area (Å²) in [6.45, 7) is 2.19. The Hall–Kier alpha value is -6.66. The van der Waals surface area contributed by atoms with E-state index in [9.17, 15) is 0 Å². The number of aryl methyl sites for hydroxylation is 1. The molecular weight excluding hydrogens is 721 g/mol. The van der Waals surface area contributed by atoms with Gasteiger partial charge in [0.15, 0.2) is 17.5 Å². The Morgan fingerprint density at radius 2 is 1.03 bits per heavy atom. The second-order valence-corrected chi connectivity index (χ2v) is 17.3. The van der Waals surface area contributed by atoms with E-state index in [1.807, 2.05) is 36.5 Å². The Morgan fingerprint density at radius 1 is 0.424 bits per heavy atom. The molecule has 5 aliphatic rings. The second-order valence-electron chi connectivity index (χ2n) is 17.3. The molecule has 284 valence electrons. The standard InChI is InChI=1S/C53H42N6/c1-32-6-2-3-7-44(32)40-27-39(28-41(29-40)52-58-50(35-13-18-54-19-14-35)57-51(59-52)36-15-20-55-21-16-36)37-9-11-45-46-30-38(49-8-4-5-17-56-49)10-12-47(46)53(48(45)31-37)42-23-33-22-34(25-42)26-43(53)24-33/h2-21,27-31,33-34,42-43H,22-26H2,1H3. The molecule has 4 saturated carbocycles. The zero-order valence-corrected chi connectivity index (χ0v) is 33.0. The normalized spacial score (nSPS) is 22.1. The highest BCUT2D eigenvalue weighted by atomic mass is 15.0. The summed E-state index contributed by atoms with van der Waals surface area (Å²) in [5.41, 5.74) is 16.8. The molecule has 6 nitrogen and oxygen atoms in total. The molecule has 4 bridgehead atoms. The van der Waals surface area contributed by atoms with Gasteiger partial charge < -0.3 is 0 Å². The van der Waals surface area contributed by atoms with Crippen molar-refractivity contribution >= 4 is 0 Å². The quantitative estimate of drug-likeness (QED) is 0.168. The Labute approximate surface area is 344 Å². The van der Waals surface area contributed by atoms with Gasteiger partial charge in [-0.25, -0.2) is 15.0 Å². The fourth-order valence-corrected chi connectivity index (χ4v) is 11.8. The number of aromatic nitrogens is 6. The lowest BCUT2D eigenvalue weighted by atomic mass is 9.43. The summed E-state index contributed by atoms with van der Waals surface area (Å²) in [6, 6.07) is 44.2. The highest BCUT2D eigenvalue weighted by molar-refractivity contribution is 5.89. The summed E-state index contributed by atoms with van der Waals surface area (Å²) in [5, 5.41) is 0. The van der Waals surface area contributed by atoms with Crippen LogP contribution in [-0.4, -0.2) is 29.9 Å². The molecule has 59 heavy (non-hydrogen) atoms. The fourth-order valence-electron chi connectivity index (χ4n) is 11.8. The van der Waals surface area contributed by atoms with Crippen molar-refractivity contribution in [3.8, 4) is 78.8 Å². The molecule has 4 aromatic heterocycles.